The van der Waals surface area contributed by atoms with Crippen LogP contribution in [0, 0.1) is 13.8 Å². The first-order chi connectivity index (χ1) is 14.7. The highest BCUT2D eigenvalue weighted by molar-refractivity contribution is 7.89. The average Bonchev–Trinajstić information content (AvgIpc) is 3.09. The van der Waals surface area contributed by atoms with Crippen molar-refractivity contribution in [2.75, 3.05) is 26.2 Å². The molecule has 1 amide bonds. The van der Waals surface area contributed by atoms with E-state index < -0.39 is 10.0 Å². The number of carbonyl (C=O) groups excluding carboxylic acids is 2. The zero-order valence-corrected chi connectivity index (χ0v) is 19.2. The largest absolute Gasteiger partial charge is 0.335 e. The smallest absolute Gasteiger partial charge is 0.264 e. The van der Waals surface area contributed by atoms with Crippen molar-refractivity contribution in [1.29, 1.82) is 0 Å². The molecule has 0 unspecified atom stereocenters. The van der Waals surface area contributed by atoms with E-state index in [1.54, 1.807) is 35.2 Å². The van der Waals surface area contributed by atoms with E-state index in [4.69, 9.17) is 0 Å². The van der Waals surface area contributed by atoms with Crippen LogP contribution < -0.4 is 0 Å². The van der Waals surface area contributed by atoms with Gasteiger partial charge in [0.15, 0.2) is 5.78 Å². The third-order valence-corrected chi connectivity index (χ3v) is 8.70. The molecule has 0 aliphatic carbocycles. The Labute approximate surface area is 185 Å². The SMILES string of the molecule is CC(=O)c1cnc2sc(C(=O)N3CCN(S(=O)(=O)c4ccc(C)cc4)CC3)c(C)c2c1. The molecule has 3 heterocycles. The highest BCUT2D eigenvalue weighted by Gasteiger charge is 2.31. The number of carbonyl (C=O) groups is 2. The molecule has 0 spiro atoms. The van der Waals surface area contributed by atoms with Crippen LogP contribution in [0.3, 0.4) is 0 Å². The normalized spacial score (nSPS) is 15.4. The van der Waals surface area contributed by atoms with Gasteiger partial charge in [0.1, 0.15) is 4.83 Å². The number of fused-ring (bicyclic) bond motifs is 1. The fraction of sp³-hybridized carbons (Fsp3) is 0.318. The van der Waals surface area contributed by atoms with E-state index in [2.05, 4.69) is 4.98 Å². The number of sulfonamides is 1. The second kappa shape index (κ2) is 8.14. The summed E-state index contributed by atoms with van der Waals surface area (Å²) in [4.78, 5) is 32.4. The molecular weight excluding hydrogens is 434 g/mol. The molecule has 4 rings (SSSR count). The zero-order valence-electron chi connectivity index (χ0n) is 17.6. The lowest BCUT2D eigenvalue weighted by Crippen LogP contribution is -2.50. The summed E-state index contributed by atoms with van der Waals surface area (Å²) in [5.41, 5.74) is 2.32. The van der Waals surface area contributed by atoms with E-state index in [-0.39, 0.29) is 29.7 Å². The lowest BCUT2D eigenvalue weighted by molar-refractivity contribution is 0.0702. The van der Waals surface area contributed by atoms with E-state index in [1.807, 2.05) is 13.8 Å². The minimum absolute atomic E-state index is 0.0706. The number of ketones is 1. The molecule has 1 aliphatic heterocycles. The van der Waals surface area contributed by atoms with Crippen molar-refractivity contribution >= 4 is 43.3 Å². The summed E-state index contributed by atoms with van der Waals surface area (Å²) in [6, 6.07) is 8.57. The van der Waals surface area contributed by atoms with Crippen molar-refractivity contribution in [2.45, 2.75) is 25.7 Å². The molecule has 3 aromatic rings. The van der Waals surface area contributed by atoms with Crippen molar-refractivity contribution < 1.29 is 18.0 Å². The number of thiophene rings is 1. The van der Waals surface area contributed by atoms with Gasteiger partial charge in [-0.05, 0) is 44.5 Å². The Morgan fingerprint density at radius 2 is 1.68 bits per heavy atom. The fourth-order valence-corrected chi connectivity index (χ4v) is 6.15. The summed E-state index contributed by atoms with van der Waals surface area (Å²) in [7, 11) is -3.58. The van der Waals surface area contributed by atoms with E-state index in [9.17, 15) is 18.0 Å². The quantitative estimate of drug-likeness (QED) is 0.561. The van der Waals surface area contributed by atoms with E-state index in [0.29, 0.717) is 28.4 Å². The standard InChI is InChI=1S/C22H23N3O4S2/c1-14-4-6-18(7-5-14)31(28,29)25-10-8-24(9-11-25)22(27)20-15(2)19-12-17(16(3)26)13-23-21(19)30-20/h4-7,12-13H,8-11H2,1-3H3. The van der Waals surface area contributed by atoms with Gasteiger partial charge < -0.3 is 4.90 Å². The number of rotatable bonds is 4. The van der Waals surface area contributed by atoms with Crippen LogP contribution >= 0.6 is 11.3 Å². The van der Waals surface area contributed by atoms with E-state index in [1.165, 1.54) is 28.8 Å². The Morgan fingerprint density at radius 3 is 2.29 bits per heavy atom. The monoisotopic (exact) mass is 457 g/mol. The molecule has 0 N–H and O–H groups in total. The zero-order chi connectivity index (χ0) is 22.3. The lowest BCUT2D eigenvalue weighted by Gasteiger charge is -2.34. The molecule has 9 heteroatoms. The molecule has 162 valence electrons. The van der Waals surface area contributed by atoms with Crippen molar-refractivity contribution in [2.24, 2.45) is 0 Å². The number of aromatic nitrogens is 1. The van der Waals surface area contributed by atoms with E-state index in [0.717, 1.165) is 16.5 Å². The Bertz CT molecular complexity index is 1270. The maximum Gasteiger partial charge on any atom is 0.264 e. The van der Waals surface area contributed by atoms with Gasteiger partial charge in [-0.25, -0.2) is 13.4 Å². The molecular formula is C22H23N3O4S2. The minimum atomic E-state index is -3.58. The average molecular weight is 458 g/mol. The Morgan fingerprint density at radius 1 is 1.03 bits per heavy atom. The van der Waals surface area contributed by atoms with Crippen LogP contribution in [-0.2, 0) is 10.0 Å². The van der Waals surface area contributed by atoms with Crippen LogP contribution in [0.15, 0.2) is 41.4 Å². The second-order valence-electron chi connectivity index (χ2n) is 7.70. The van der Waals surface area contributed by atoms with Gasteiger partial charge in [0.2, 0.25) is 10.0 Å². The fourth-order valence-electron chi connectivity index (χ4n) is 3.63. The van der Waals surface area contributed by atoms with Crippen molar-refractivity contribution in [3.8, 4) is 0 Å². The van der Waals surface area contributed by atoms with Crippen molar-refractivity contribution in [3.05, 3.63) is 58.1 Å². The molecule has 0 radical (unpaired) electrons. The molecule has 1 aliphatic rings. The molecule has 1 fully saturated rings. The number of Topliss-reactive ketones (excluding diaryl/α,β-unsaturated/α-hetero) is 1. The number of nitrogens with zero attached hydrogens (tertiary/aromatic N) is 3. The first kappa shape index (κ1) is 21.6. The topological polar surface area (TPSA) is 87.7 Å². The van der Waals surface area contributed by atoms with Crippen LogP contribution in [0.25, 0.3) is 10.2 Å². The van der Waals surface area contributed by atoms with Crippen LogP contribution in [0.4, 0.5) is 0 Å². The number of aryl methyl sites for hydroxylation is 2. The predicted molar refractivity (Wildman–Crippen MR) is 120 cm³/mol. The van der Waals surface area contributed by atoms with Gasteiger partial charge >= 0.3 is 0 Å². The van der Waals surface area contributed by atoms with Crippen LogP contribution in [0.1, 0.15) is 38.1 Å². The van der Waals surface area contributed by atoms with Gasteiger partial charge in [0.25, 0.3) is 5.91 Å². The lowest BCUT2D eigenvalue weighted by atomic mass is 10.1. The first-order valence-electron chi connectivity index (χ1n) is 9.94. The summed E-state index contributed by atoms with van der Waals surface area (Å²) >= 11 is 1.31. The van der Waals surface area contributed by atoms with Crippen molar-refractivity contribution in [3.63, 3.8) is 0 Å². The van der Waals surface area contributed by atoms with Crippen LogP contribution in [-0.4, -0.2) is 60.5 Å². The van der Waals surface area contributed by atoms with Gasteiger partial charge in [-0.1, -0.05) is 17.7 Å². The predicted octanol–water partition coefficient (Wildman–Crippen LogP) is 3.26. The van der Waals surface area contributed by atoms with Crippen molar-refractivity contribution in [1.82, 2.24) is 14.2 Å². The molecule has 0 bridgehead atoms. The number of piperazine rings is 1. The molecule has 1 saturated heterocycles. The van der Waals surface area contributed by atoms with Crippen LogP contribution in [0.5, 0.6) is 0 Å². The Hall–Kier alpha value is -2.62. The van der Waals surface area contributed by atoms with Gasteiger partial charge in [-0.3, -0.25) is 9.59 Å². The van der Waals surface area contributed by atoms with Gasteiger partial charge in [0.05, 0.1) is 9.77 Å². The Balaban J connectivity index is 1.51. The summed E-state index contributed by atoms with van der Waals surface area (Å²) in [6.07, 6.45) is 1.53. The summed E-state index contributed by atoms with van der Waals surface area (Å²) < 4.78 is 27.2. The number of hydrogen-bond donors (Lipinski definition) is 0. The highest BCUT2D eigenvalue weighted by Crippen LogP contribution is 2.31. The molecule has 0 atom stereocenters. The number of amides is 1. The molecule has 0 saturated carbocycles. The molecule has 7 nitrogen and oxygen atoms in total. The van der Waals surface area contributed by atoms with Gasteiger partial charge in [0, 0.05) is 43.3 Å². The summed E-state index contributed by atoms with van der Waals surface area (Å²) in [5, 5.41) is 0.807. The second-order valence-corrected chi connectivity index (χ2v) is 10.6. The minimum Gasteiger partial charge on any atom is -0.335 e. The third-order valence-electron chi connectivity index (χ3n) is 5.58. The maximum absolute atomic E-state index is 13.1. The summed E-state index contributed by atoms with van der Waals surface area (Å²) in [6.45, 7) is 6.40. The van der Waals surface area contributed by atoms with E-state index >= 15 is 0 Å². The Kier molecular flexibility index (Phi) is 5.67. The number of hydrogen-bond acceptors (Lipinski definition) is 6. The number of benzene rings is 1. The van der Waals surface area contributed by atoms with Crippen LogP contribution in [0.2, 0.25) is 0 Å². The molecule has 2 aromatic heterocycles. The first-order valence-corrected chi connectivity index (χ1v) is 12.2. The molecule has 1 aromatic carbocycles. The summed E-state index contributed by atoms with van der Waals surface area (Å²) in [5.74, 6) is -0.198. The number of pyridine rings is 1. The van der Waals surface area contributed by atoms with Gasteiger partial charge in [-0.15, -0.1) is 11.3 Å². The van der Waals surface area contributed by atoms with Gasteiger partial charge in [-0.2, -0.15) is 4.31 Å². The maximum atomic E-state index is 13.1. The third kappa shape index (κ3) is 4.00. The molecule has 31 heavy (non-hydrogen) atoms. The highest BCUT2D eigenvalue weighted by atomic mass is 32.2.